The molecular formula is C50H96O6. The predicted molar refractivity (Wildman–Crippen MR) is 238 cm³/mol. The predicted octanol–water partition coefficient (Wildman–Crippen LogP) is 15.9. The Hall–Kier alpha value is -1.59. The van der Waals surface area contributed by atoms with Crippen LogP contribution in [0.25, 0.3) is 0 Å². The summed E-state index contributed by atoms with van der Waals surface area (Å²) in [5.41, 5.74) is 0. The Bertz CT molecular complexity index is 843. The average Bonchev–Trinajstić information content (AvgIpc) is 3.19. The summed E-state index contributed by atoms with van der Waals surface area (Å²) in [7, 11) is 0. The topological polar surface area (TPSA) is 78.9 Å². The summed E-state index contributed by atoms with van der Waals surface area (Å²) in [6.45, 7) is 9.01. The smallest absolute Gasteiger partial charge is 0.306 e. The standard InChI is InChI=1S/C50H96O6/c1-5-8-10-12-14-16-18-19-20-21-22-23-25-30-34-38-42-49(52)55-45-47(44-54-48(51)41-37-33-29-24-17-15-13-11-9-6-2)56-50(53)43-39-35-31-27-26-28-32-36-40-46(4)7-3/h46-47H,5-45H2,1-4H3/t46?,47-/m1/s1. The molecule has 0 saturated heterocycles. The summed E-state index contributed by atoms with van der Waals surface area (Å²) < 4.78 is 16.8. The van der Waals surface area contributed by atoms with E-state index >= 15 is 0 Å². The lowest BCUT2D eigenvalue weighted by molar-refractivity contribution is -0.167. The van der Waals surface area contributed by atoms with Gasteiger partial charge in [-0.15, -0.1) is 0 Å². The first-order chi connectivity index (χ1) is 27.4. The Morgan fingerprint density at radius 2 is 0.625 bits per heavy atom. The molecule has 0 rings (SSSR count). The Balaban J connectivity index is 4.29. The molecular weight excluding hydrogens is 697 g/mol. The summed E-state index contributed by atoms with van der Waals surface area (Å²) >= 11 is 0. The fourth-order valence-corrected chi connectivity index (χ4v) is 7.48. The van der Waals surface area contributed by atoms with E-state index < -0.39 is 6.10 Å². The van der Waals surface area contributed by atoms with Crippen LogP contribution in [-0.2, 0) is 28.6 Å². The molecule has 0 amide bonds. The monoisotopic (exact) mass is 793 g/mol. The van der Waals surface area contributed by atoms with Crippen molar-refractivity contribution in [2.45, 2.75) is 284 Å². The van der Waals surface area contributed by atoms with Crippen LogP contribution in [0.1, 0.15) is 278 Å². The fourth-order valence-electron chi connectivity index (χ4n) is 7.48. The number of esters is 3. The second kappa shape index (κ2) is 44.5. The van der Waals surface area contributed by atoms with E-state index in [2.05, 4.69) is 27.7 Å². The van der Waals surface area contributed by atoms with Crippen LogP contribution in [0.5, 0.6) is 0 Å². The zero-order valence-electron chi connectivity index (χ0n) is 38.1. The van der Waals surface area contributed by atoms with E-state index in [4.69, 9.17) is 14.2 Å². The van der Waals surface area contributed by atoms with Crippen molar-refractivity contribution in [2.24, 2.45) is 5.92 Å². The summed E-state index contributed by atoms with van der Waals surface area (Å²) in [6.07, 6.45) is 45.1. The first kappa shape index (κ1) is 54.4. The normalized spacial score (nSPS) is 12.4. The van der Waals surface area contributed by atoms with Gasteiger partial charge < -0.3 is 14.2 Å². The molecule has 6 nitrogen and oxygen atoms in total. The highest BCUT2D eigenvalue weighted by molar-refractivity contribution is 5.71. The average molecular weight is 793 g/mol. The molecule has 0 spiro atoms. The highest BCUT2D eigenvalue weighted by Crippen LogP contribution is 2.17. The van der Waals surface area contributed by atoms with Gasteiger partial charge in [0.1, 0.15) is 13.2 Å². The molecule has 0 bridgehead atoms. The minimum absolute atomic E-state index is 0.0635. The molecule has 0 aliphatic heterocycles. The van der Waals surface area contributed by atoms with Gasteiger partial charge >= 0.3 is 17.9 Å². The molecule has 0 aromatic carbocycles. The number of hydrogen-bond donors (Lipinski definition) is 0. The number of rotatable bonds is 45. The lowest BCUT2D eigenvalue weighted by Crippen LogP contribution is -2.30. The number of ether oxygens (including phenoxy) is 3. The van der Waals surface area contributed by atoms with Crippen LogP contribution >= 0.6 is 0 Å². The zero-order chi connectivity index (χ0) is 41.0. The highest BCUT2D eigenvalue weighted by atomic mass is 16.6. The number of unbranched alkanes of at least 4 members (excludes halogenated alkanes) is 31. The van der Waals surface area contributed by atoms with E-state index in [0.29, 0.717) is 19.3 Å². The van der Waals surface area contributed by atoms with Crippen molar-refractivity contribution in [1.82, 2.24) is 0 Å². The molecule has 0 aliphatic carbocycles. The molecule has 0 saturated carbocycles. The maximum absolute atomic E-state index is 12.7. The summed E-state index contributed by atoms with van der Waals surface area (Å²) in [5, 5.41) is 0. The largest absolute Gasteiger partial charge is 0.462 e. The van der Waals surface area contributed by atoms with Crippen LogP contribution < -0.4 is 0 Å². The summed E-state index contributed by atoms with van der Waals surface area (Å²) in [6, 6.07) is 0. The van der Waals surface area contributed by atoms with Gasteiger partial charge in [0.05, 0.1) is 0 Å². The van der Waals surface area contributed by atoms with Gasteiger partial charge in [-0.2, -0.15) is 0 Å². The Labute approximate surface area is 348 Å². The Morgan fingerprint density at radius 3 is 0.929 bits per heavy atom. The van der Waals surface area contributed by atoms with Crippen LogP contribution in [-0.4, -0.2) is 37.2 Å². The molecule has 0 radical (unpaired) electrons. The Kier molecular flexibility index (Phi) is 43.2. The second-order valence-corrected chi connectivity index (χ2v) is 17.3. The van der Waals surface area contributed by atoms with Gasteiger partial charge in [0, 0.05) is 19.3 Å². The van der Waals surface area contributed by atoms with E-state index in [9.17, 15) is 14.4 Å². The third-order valence-electron chi connectivity index (χ3n) is 11.7. The maximum atomic E-state index is 12.7. The fraction of sp³-hybridized carbons (Fsp3) is 0.940. The minimum Gasteiger partial charge on any atom is -0.462 e. The molecule has 2 atom stereocenters. The molecule has 6 heteroatoms. The summed E-state index contributed by atoms with van der Waals surface area (Å²) in [5.74, 6) is -0.00558. The molecule has 0 aromatic heterocycles. The summed E-state index contributed by atoms with van der Waals surface area (Å²) in [4.78, 5) is 37.8. The van der Waals surface area contributed by atoms with Gasteiger partial charge in [-0.25, -0.2) is 0 Å². The van der Waals surface area contributed by atoms with Crippen LogP contribution in [0, 0.1) is 5.92 Å². The molecule has 332 valence electrons. The zero-order valence-corrected chi connectivity index (χ0v) is 38.1. The first-order valence-corrected chi connectivity index (χ1v) is 24.9. The number of carbonyl (C=O) groups excluding carboxylic acids is 3. The van der Waals surface area contributed by atoms with E-state index in [1.165, 1.54) is 173 Å². The molecule has 0 N–H and O–H groups in total. The van der Waals surface area contributed by atoms with Gasteiger partial charge in [-0.05, 0) is 25.2 Å². The van der Waals surface area contributed by atoms with Crippen molar-refractivity contribution >= 4 is 17.9 Å². The quantitative estimate of drug-likeness (QED) is 0.0347. The lowest BCUT2D eigenvalue weighted by atomic mass is 9.99. The molecule has 0 heterocycles. The molecule has 0 aromatic rings. The van der Waals surface area contributed by atoms with Gasteiger partial charge in [0.25, 0.3) is 0 Å². The van der Waals surface area contributed by atoms with Gasteiger partial charge in [-0.1, -0.05) is 240 Å². The Morgan fingerprint density at radius 1 is 0.357 bits per heavy atom. The van der Waals surface area contributed by atoms with E-state index in [1.807, 2.05) is 0 Å². The van der Waals surface area contributed by atoms with E-state index in [0.717, 1.165) is 63.7 Å². The third kappa shape index (κ3) is 42.0. The SMILES string of the molecule is CCCCCCCCCCCCCCCCCCC(=O)OC[C@@H](COC(=O)CCCCCCCCCCCC)OC(=O)CCCCCCCCCCC(C)CC. The molecule has 0 fully saturated rings. The van der Waals surface area contributed by atoms with Gasteiger partial charge in [0.15, 0.2) is 6.10 Å². The second-order valence-electron chi connectivity index (χ2n) is 17.3. The van der Waals surface area contributed by atoms with Crippen LogP contribution in [0.2, 0.25) is 0 Å². The van der Waals surface area contributed by atoms with Crippen molar-refractivity contribution in [3.05, 3.63) is 0 Å². The van der Waals surface area contributed by atoms with Crippen molar-refractivity contribution < 1.29 is 28.6 Å². The highest BCUT2D eigenvalue weighted by Gasteiger charge is 2.19. The van der Waals surface area contributed by atoms with Crippen molar-refractivity contribution in [3.63, 3.8) is 0 Å². The third-order valence-corrected chi connectivity index (χ3v) is 11.7. The molecule has 1 unspecified atom stereocenters. The molecule has 0 aliphatic rings. The van der Waals surface area contributed by atoms with Crippen molar-refractivity contribution in [3.8, 4) is 0 Å². The van der Waals surface area contributed by atoms with Crippen LogP contribution in [0.4, 0.5) is 0 Å². The number of hydrogen-bond acceptors (Lipinski definition) is 6. The molecule has 56 heavy (non-hydrogen) atoms. The number of carbonyl (C=O) groups is 3. The van der Waals surface area contributed by atoms with Crippen molar-refractivity contribution in [1.29, 1.82) is 0 Å². The van der Waals surface area contributed by atoms with Gasteiger partial charge in [-0.3, -0.25) is 14.4 Å². The van der Waals surface area contributed by atoms with E-state index in [1.54, 1.807) is 0 Å². The van der Waals surface area contributed by atoms with Crippen LogP contribution in [0.15, 0.2) is 0 Å². The van der Waals surface area contributed by atoms with Crippen LogP contribution in [0.3, 0.4) is 0 Å². The first-order valence-electron chi connectivity index (χ1n) is 24.9. The minimum atomic E-state index is -0.760. The van der Waals surface area contributed by atoms with Crippen molar-refractivity contribution in [2.75, 3.05) is 13.2 Å². The lowest BCUT2D eigenvalue weighted by Gasteiger charge is -2.18. The van der Waals surface area contributed by atoms with E-state index in [-0.39, 0.29) is 31.1 Å². The van der Waals surface area contributed by atoms with Gasteiger partial charge in [0.2, 0.25) is 0 Å². The maximum Gasteiger partial charge on any atom is 0.306 e.